The number of hydrogen-bond acceptors (Lipinski definition) is 5. The van der Waals surface area contributed by atoms with Crippen molar-refractivity contribution in [3.05, 3.63) is 46.2 Å². The van der Waals surface area contributed by atoms with E-state index in [2.05, 4.69) is 0 Å². The average molecular weight is 359 g/mol. The third-order valence-corrected chi connectivity index (χ3v) is 8.48. The largest absolute Gasteiger partial charge is 0.267 e. The van der Waals surface area contributed by atoms with E-state index < -0.39 is 22.8 Å². The van der Waals surface area contributed by atoms with Crippen molar-refractivity contribution in [2.24, 2.45) is 0 Å². The zero-order valence-corrected chi connectivity index (χ0v) is 13.2. The number of rotatable bonds is 3. The summed E-state index contributed by atoms with van der Waals surface area (Å²) >= 11 is 0.856. The molecule has 2 rings (SSSR count). The minimum absolute atomic E-state index is 0.0237. The first-order chi connectivity index (χ1) is 8.67. The Balaban J connectivity index is 2.69. The lowest BCUT2D eigenvalue weighted by atomic mass is 10.0. The summed E-state index contributed by atoms with van der Waals surface area (Å²) in [5.41, 5.74) is 0.410. The summed E-state index contributed by atoms with van der Waals surface area (Å²) in [7, 11) is 2.74. The summed E-state index contributed by atoms with van der Waals surface area (Å²) in [6.45, 7) is 0. The fourth-order valence-corrected chi connectivity index (χ4v) is 6.64. The Morgan fingerprint density at radius 1 is 1.05 bits per heavy atom. The van der Waals surface area contributed by atoms with Crippen LogP contribution in [-0.2, 0) is 22.8 Å². The minimum atomic E-state index is -4.06. The summed E-state index contributed by atoms with van der Waals surface area (Å²) in [6, 6.07) is 8.21. The summed E-state index contributed by atoms with van der Waals surface area (Å²) in [5.74, 6) is -0.0237. The highest BCUT2D eigenvalue weighted by atomic mass is 35.7. The van der Waals surface area contributed by atoms with E-state index in [9.17, 15) is 16.8 Å². The van der Waals surface area contributed by atoms with Gasteiger partial charge in [0.25, 0.3) is 9.05 Å². The quantitative estimate of drug-likeness (QED) is 0.776. The van der Waals surface area contributed by atoms with Gasteiger partial charge < -0.3 is 0 Å². The van der Waals surface area contributed by atoms with Crippen LogP contribution in [0, 0.1) is 0 Å². The van der Waals surface area contributed by atoms with E-state index in [1.165, 1.54) is 0 Å². The number of thioether (sulfide) groups is 1. The summed E-state index contributed by atoms with van der Waals surface area (Å²) in [4.78, 5) is 0. The highest BCUT2D eigenvalue weighted by molar-refractivity contribution is 8.29. The Bertz CT molecular complexity index is 725. The van der Waals surface area contributed by atoms with Crippen LogP contribution in [-0.4, -0.2) is 22.6 Å². The molecule has 0 aliphatic carbocycles. The summed E-state index contributed by atoms with van der Waals surface area (Å²) < 4.78 is 44.7. The van der Waals surface area contributed by atoms with Gasteiger partial charge in [0.2, 0.25) is 9.05 Å². The van der Waals surface area contributed by atoms with Gasteiger partial charge in [-0.05, 0) is 11.6 Å². The van der Waals surface area contributed by atoms with E-state index in [1.54, 1.807) is 30.3 Å². The molecule has 1 heterocycles. The third-order valence-electron chi connectivity index (χ3n) is 2.72. The van der Waals surface area contributed by atoms with Gasteiger partial charge >= 0.3 is 0 Å². The van der Waals surface area contributed by atoms with Crippen molar-refractivity contribution < 1.29 is 16.8 Å². The predicted molar refractivity (Wildman–Crippen MR) is 78.2 cm³/mol. The van der Waals surface area contributed by atoms with Crippen LogP contribution in [0.15, 0.2) is 40.6 Å². The molecule has 1 unspecified atom stereocenters. The zero-order valence-electron chi connectivity index (χ0n) is 9.28. The molecule has 104 valence electrons. The lowest BCUT2D eigenvalue weighted by molar-refractivity contribution is 0.587. The average Bonchev–Trinajstić information content (AvgIpc) is 2.75. The van der Waals surface area contributed by atoms with E-state index in [4.69, 9.17) is 21.4 Å². The molecule has 0 spiro atoms. The molecule has 1 atom stereocenters. The van der Waals surface area contributed by atoms with E-state index >= 15 is 0 Å². The van der Waals surface area contributed by atoms with Crippen molar-refractivity contribution in [2.45, 2.75) is 4.75 Å². The minimum Gasteiger partial charge on any atom is -0.211 e. The first-order valence-corrected chi connectivity index (χ1v) is 10.6. The van der Waals surface area contributed by atoms with Gasteiger partial charge in [0, 0.05) is 27.1 Å². The second-order valence-electron chi connectivity index (χ2n) is 3.88. The standard InChI is InChI=1S/C10H8Cl2O4S3/c11-18(13,14)9-6-10(7-17-9,19(12,15)16)8-4-2-1-3-5-8/h1-6H,7H2. The molecule has 0 saturated carbocycles. The summed E-state index contributed by atoms with van der Waals surface area (Å²) in [5, 5.41) is 0. The van der Waals surface area contributed by atoms with Gasteiger partial charge in [-0.3, -0.25) is 0 Å². The van der Waals surface area contributed by atoms with Gasteiger partial charge in [0.05, 0.1) is 0 Å². The molecule has 0 fully saturated rings. The maximum atomic E-state index is 11.9. The molecule has 1 aromatic carbocycles. The molecule has 4 nitrogen and oxygen atoms in total. The second-order valence-corrected chi connectivity index (χ2v) is 10.5. The molecule has 1 aliphatic rings. The fraction of sp³-hybridized carbons (Fsp3) is 0.200. The predicted octanol–water partition coefficient (Wildman–Crippen LogP) is 2.61. The van der Waals surface area contributed by atoms with Gasteiger partial charge in [-0.15, -0.1) is 11.8 Å². The molecule has 9 heteroatoms. The van der Waals surface area contributed by atoms with Crippen LogP contribution in [0.1, 0.15) is 5.56 Å². The maximum Gasteiger partial charge on any atom is 0.267 e. The molecular formula is C10H8Cl2O4S3. The lowest BCUT2D eigenvalue weighted by Crippen LogP contribution is -2.31. The van der Waals surface area contributed by atoms with Gasteiger partial charge in [0.15, 0.2) is 0 Å². The molecule has 0 amide bonds. The number of hydrogen-bond donors (Lipinski definition) is 0. The second kappa shape index (κ2) is 4.96. The van der Waals surface area contributed by atoms with E-state index in [-0.39, 0.29) is 9.99 Å². The lowest BCUT2D eigenvalue weighted by Gasteiger charge is -2.23. The smallest absolute Gasteiger partial charge is 0.211 e. The molecule has 1 aromatic rings. The molecule has 19 heavy (non-hydrogen) atoms. The summed E-state index contributed by atoms with van der Waals surface area (Å²) in [6.07, 6.45) is 1.11. The van der Waals surface area contributed by atoms with Gasteiger partial charge in [-0.1, -0.05) is 30.3 Å². The zero-order chi connectivity index (χ0) is 14.3. The molecule has 0 radical (unpaired) electrons. The van der Waals surface area contributed by atoms with Gasteiger partial charge in [-0.2, -0.15) is 0 Å². The molecule has 0 N–H and O–H groups in total. The molecular weight excluding hydrogens is 351 g/mol. The van der Waals surface area contributed by atoms with Crippen molar-refractivity contribution in [1.82, 2.24) is 0 Å². The van der Waals surface area contributed by atoms with Crippen LogP contribution in [0.3, 0.4) is 0 Å². The monoisotopic (exact) mass is 358 g/mol. The molecule has 0 saturated heterocycles. The molecule has 0 bridgehead atoms. The van der Waals surface area contributed by atoms with Crippen LogP contribution in [0.4, 0.5) is 0 Å². The first-order valence-electron chi connectivity index (χ1n) is 4.97. The fourth-order valence-electron chi connectivity index (χ4n) is 1.76. The Morgan fingerprint density at radius 2 is 1.63 bits per heavy atom. The Morgan fingerprint density at radius 3 is 2.05 bits per heavy atom. The van der Waals surface area contributed by atoms with Crippen LogP contribution in [0.5, 0.6) is 0 Å². The van der Waals surface area contributed by atoms with Crippen molar-refractivity contribution in [3.63, 3.8) is 0 Å². The molecule has 0 aromatic heterocycles. The van der Waals surface area contributed by atoms with Crippen molar-refractivity contribution >= 4 is 51.2 Å². The van der Waals surface area contributed by atoms with Crippen LogP contribution in [0.2, 0.25) is 0 Å². The van der Waals surface area contributed by atoms with E-state index in [1.807, 2.05) is 0 Å². The van der Waals surface area contributed by atoms with Crippen molar-refractivity contribution in [2.75, 3.05) is 5.75 Å². The SMILES string of the molecule is O=S(=O)(Cl)C1=CC(c2ccccc2)(S(=O)(=O)Cl)CS1. The topological polar surface area (TPSA) is 68.3 Å². The maximum absolute atomic E-state index is 11.9. The van der Waals surface area contributed by atoms with E-state index in [0.29, 0.717) is 5.56 Å². The van der Waals surface area contributed by atoms with Gasteiger partial charge in [0.1, 0.15) is 8.98 Å². The van der Waals surface area contributed by atoms with Crippen molar-refractivity contribution in [3.8, 4) is 0 Å². The van der Waals surface area contributed by atoms with E-state index in [0.717, 1.165) is 17.8 Å². The van der Waals surface area contributed by atoms with Crippen LogP contribution >= 0.6 is 33.1 Å². The first kappa shape index (κ1) is 15.2. The molecule has 1 aliphatic heterocycles. The Labute approximate surface area is 124 Å². The normalized spacial score (nSPS) is 24.2. The van der Waals surface area contributed by atoms with Gasteiger partial charge in [-0.25, -0.2) is 16.8 Å². The number of benzene rings is 1. The highest BCUT2D eigenvalue weighted by Gasteiger charge is 2.48. The van der Waals surface area contributed by atoms with Crippen LogP contribution < -0.4 is 0 Å². The Kier molecular flexibility index (Phi) is 3.97. The van der Waals surface area contributed by atoms with Crippen molar-refractivity contribution in [1.29, 1.82) is 0 Å². The van der Waals surface area contributed by atoms with Crippen LogP contribution in [0.25, 0.3) is 0 Å². The number of halogens is 2. The highest BCUT2D eigenvalue weighted by Crippen LogP contribution is 2.48. The third kappa shape index (κ3) is 2.80. The Hall–Kier alpha value is -0.210.